The standard InChI is InChI=1S/C14H20FNO/c1-4-5-6-11(3)16-14(17)12-7-8-13(15)10(2)9-12/h7-9,11H,4-6H2,1-3H3,(H,16,17). The Bertz CT molecular complexity index is 390. The summed E-state index contributed by atoms with van der Waals surface area (Å²) >= 11 is 0. The van der Waals surface area contributed by atoms with Crippen LogP contribution in [0.2, 0.25) is 0 Å². The largest absolute Gasteiger partial charge is 0.350 e. The lowest BCUT2D eigenvalue weighted by atomic mass is 10.1. The first kappa shape index (κ1) is 13.7. The zero-order valence-corrected chi connectivity index (χ0v) is 10.7. The molecule has 0 heterocycles. The van der Waals surface area contributed by atoms with Crippen LogP contribution in [-0.2, 0) is 0 Å². The molecule has 2 nitrogen and oxygen atoms in total. The SMILES string of the molecule is CCCCC(C)NC(=O)c1ccc(F)c(C)c1. The van der Waals surface area contributed by atoms with Crippen LogP contribution in [0.3, 0.4) is 0 Å². The molecule has 3 heteroatoms. The number of hydrogen-bond acceptors (Lipinski definition) is 1. The molecule has 1 aromatic carbocycles. The number of aryl methyl sites for hydroxylation is 1. The zero-order valence-electron chi connectivity index (χ0n) is 10.7. The van der Waals surface area contributed by atoms with E-state index in [1.54, 1.807) is 13.0 Å². The first-order chi connectivity index (χ1) is 8.04. The van der Waals surface area contributed by atoms with Crippen LogP contribution >= 0.6 is 0 Å². The molecular formula is C14H20FNO. The molecule has 0 aliphatic carbocycles. The summed E-state index contributed by atoms with van der Waals surface area (Å²) in [4.78, 5) is 11.8. The van der Waals surface area contributed by atoms with Crippen LogP contribution in [0.4, 0.5) is 4.39 Å². The normalized spacial score (nSPS) is 12.2. The first-order valence-corrected chi connectivity index (χ1v) is 6.11. The molecular weight excluding hydrogens is 217 g/mol. The van der Waals surface area contributed by atoms with Crippen molar-refractivity contribution in [2.45, 2.75) is 46.1 Å². The van der Waals surface area contributed by atoms with E-state index in [1.807, 2.05) is 6.92 Å². The van der Waals surface area contributed by atoms with E-state index < -0.39 is 0 Å². The molecule has 0 aliphatic heterocycles. The van der Waals surface area contributed by atoms with Gasteiger partial charge in [0.25, 0.3) is 5.91 Å². The molecule has 0 fully saturated rings. The van der Waals surface area contributed by atoms with E-state index in [-0.39, 0.29) is 17.8 Å². The molecule has 1 rings (SSSR count). The Hall–Kier alpha value is -1.38. The monoisotopic (exact) mass is 237 g/mol. The number of carbonyl (C=O) groups is 1. The Labute approximate surface area is 102 Å². The van der Waals surface area contributed by atoms with Gasteiger partial charge >= 0.3 is 0 Å². The van der Waals surface area contributed by atoms with Gasteiger partial charge in [0.2, 0.25) is 0 Å². The van der Waals surface area contributed by atoms with Gasteiger partial charge in [-0.15, -0.1) is 0 Å². The molecule has 1 unspecified atom stereocenters. The number of rotatable bonds is 5. The minimum atomic E-state index is -0.277. The molecule has 0 saturated heterocycles. The number of unbranched alkanes of at least 4 members (excludes halogenated alkanes) is 1. The second-order valence-electron chi connectivity index (χ2n) is 4.48. The molecule has 0 spiro atoms. The van der Waals surface area contributed by atoms with Gasteiger partial charge in [-0.3, -0.25) is 4.79 Å². The van der Waals surface area contributed by atoms with Gasteiger partial charge in [0, 0.05) is 11.6 Å². The summed E-state index contributed by atoms with van der Waals surface area (Å²) in [5.41, 5.74) is 1.02. The number of benzene rings is 1. The van der Waals surface area contributed by atoms with Crippen molar-refractivity contribution in [1.82, 2.24) is 5.32 Å². The van der Waals surface area contributed by atoms with Crippen molar-refractivity contribution in [2.24, 2.45) is 0 Å². The summed E-state index contributed by atoms with van der Waals surface area (Å²) in [6.45, 7) is 5.77. The molecule has 0 bridgehead atoms. The van der Waals surface area contributed by atoms with Crippen LogP contribution < -0.4 is 5.32 Å². The van der Waals surface area contributed by atoms with E-state index in [9.17, 15) is 9.18 Å². The molecule has 1 aromatic rings. The topological polar surface area (TPSA) is 29.1 Å². The van der Waals surface area contributed by atoms with Crippen LogP contribution in [0.1, 0.15) is 49.0 Å². The summed E-state index contributed by atoms with van der Waals surface area (Å²) in [6.07, 6.45) is 3.20. The minimum Gasteiger partial charge on any atom is -0.350 e. The van der Waals surface area contributed by atoms with Crippen LogP contribution in [0.15, 0.2) is 18.2 Å². The van der Waals surface area contributed by atoms with E-state index in [0.29, 0.717) is 11.1 Å². The number of amides is 1. The second kappa shape index (κ2) is 6.38. The van der Waals surface area contributed by atoms with Gasteiger partial charge in [0.1, 0.15) is 5.82 Å². The maximum Gasteiger partial charge on any atom is 0.251 e. The van der Waals surface area contributed by atoms with Crippen LogP contribution in [-0.4, -0.2) is 11.9 Å². The second-order valence-corrected chi connectivity index (χ2v) is 4.48. The molecule has 1 amide bonds. The third-order valence-corrected chi connectivity index (χ3v) is 2.79. The molecule has 0 aromatic heterocycles. The van der Waals surface area contributed by atoms with Gasteiger partial charge in [0.05, 0.1) is 0 Å². The Kier molecular flexibility index (Phi) is 5.13. The highest BCUT2D eigenvalue weighted by atomic mass is 19.1. The number of hydrogen-bond donors (Lipinski definition) is 1. The van der Waals surface area contributed by atoms with E-state index in [0.717, 1.165) is 19.3 Å². The predicted octanol–water partition coefficient (Wildman–Crippen LogP) is 3.44. The summed E-state index contributed by atoms with van der Waals surface area (Å²) in [5.74, 6) is -0.405. The average molecular weight is 237 g/mol. The van der Waals surface area contributed by atoms with E-state index in [4.69, 9.17) is 0 Å². The molecule has 1 atom stereocenters. The molecule has 0 aliphatic rings. The molecule has 1 N–H and O–H groups in total. The minimum absolute atomic E-state index is 0.128. The Morgan fingerprint density at radius 3 is 2.76 bits per heavy atom. The van der Waals surface area contributed by atoms with E-state index in [2.05, 4.69) is 12.2 Å². The van der Waals surface area contributed by atoms with Crippen molar-refractivity contribution in [1.29, 1.82) is 0 Å². The van der Waals surface area contributed by atoms with Crippen molar-refractivity contribution in [3.05, 3.63) is 35.1 Å². The fourth-order valence-electron chi connectivity index (χ4n) is 1.68. The smallest absolute Gasteiger partial charge is 0.251 e. The maximum atomic E-state index is 13.1. The Morgan fingerprint density at radius 1 is 1.47 bits per heavy atom. The van der Waals surface area contributed by atoms with Crippen LogP contribution in [0.25, 0.3) is 0 Å². The first-order valence-electron chi connectivity index (χ1n) is 6.11. The molecule has 0 radical (unpaired) electrons. The number of halogens is 1. The highest BCUT2D eigenvalue weighted by Crippen LogP contribution is 2.10. The molecule has 17 heavy (non-hydrogen) atoms. The van der Waals surface area contributed by atoms with Gasteiger partial charge in [-0.1, -0.05) is 19.8 Å². The molecule has 94 valence electrons. The summed E-state index contributed by atoms with van der Waals surface area (Å²) in [6, 6.07) is 4.59. The van der Waals surface area contributed by atoms with E-state index in [1.165, 1.54) is 12.1 Å². The Morgan fingerprint density at radius 2 is 2.18 bits per heavy atom. The highest BCUT2D eigenvalue weighted by Gasteiger charge is 2.10. The van der Waals surface area contributed by atoms with Crippen molar-refractivity contribution >= 4 is 5.91 Å². The van der Waals surface area contributed by atoms with Crippen molar-refractivity contribution in [3.8, 4) is 0 Å². The number of carbonyl (C=O) groups excluding carboxylic acids is 1. The fourth-order valence-corrected chi connectivity index (χ4v) is 1.68. The maximum absolute atomic E-state index is 13.1. The van der Waals surface area contributed by atoms with Gasteiger partial charge in [-0.05, 0) is 44.0 Å². The van der Waals surface area contributed by atoms with Gasteiger partial charge in [-0.2, -0.15) is 0 Å². The van der Waals surface area contributed by atoms with Crippen molar-refractivity contribution in [2.75, 3.05) is 0 Å². The lowest BCUT2D eigenvalue weighted by Gasteiger charge is -2.13. The zero-order chi connectivity index (χ0) is 12.8. The van der Waals surface area contributed by atoms with Gasteiger partial charge in [0.15, 0.2) is 0 Å². The quantitative estimate of drug-likeness (QED) is 0.835. The number of nitrogens with one attached hydrogen (secondary N) is 1. The third-order valence-electron chi connectivity index (χ3n) is 2.79. The fraction of sp³-hybridized carbons (Fsp3) is 0.500. The lowest BCUT2D eigenvalue weighted by Crippen LogP contribution is -2.32. The van der Waals surface area contributed by atoms with Gasteiger partial charge < -0.3 is 5.32 Å². The van der Waals surface area contributed by atoms with E-state index >= 15 is 0 Å². The van der Waals surface area contributed by atoms with Crippen molar-refractivity contribution < 1.29 is 9.18 Å². The summed E-state index contributed by atoms with van der Waals surface area (Å²) < 4.78 is 13.1. The lowest BCUT2D eigenvalue weighted by molar-refractivity contribution is 0.0938. The Balaban J connectivity index is 2.60. The van der Waals surface area contributed by atoms with Crippen molar-refractivity contribution in [3.63, 3.8) is 0 Å². The molecule has 0 saturated carbocycles. The summed E-state index contributed by atoms with van der Waals surface area (Å²) in [7, 11) is 0. The van der Waals surface area contributed by atoms with Crippen LogP contribution in [0, 0.1) is 12.7 Å². The van der Waals surface area contributed by atoms with Crippen LogP contribution in [0.5, 0.6) is 0 Å². The third kappa shape index (κ3) is 4.17. The average Bonchev–Trinajstić information content (AvgIpc) is 2.30. The summed E-state index contributed by atoms with van der Waals surface area (Å²) in [5, 5.41) is 2.92. The predicted molar refractivity (Wildman–Crippen MR) is 67.6 cm³/mol. The van der Waals surface area contributed by atoms with Gasteiger partial charge in [-0.25, -0.2) is 4.39 Å². The highest BCUT2D eigenvalue weighted by molar-refractivity contribution is 5.94.